The van der Waals surface area contributed by atoms with Gasteiger partial charge in [0, 0.05) is 25.5 Å². The monoisotopic (exact) mass is 287 g/mol. The van der Waals surface area contributed by atoms with Crippen molar-refractivity contribution in [2.24, 2.45) is 5.92 Å². The molecule has 5 heteroatoms. The van der Waals surface area contributed by atoms with Gasteiger partial charge in [-0.1, -0.05) is 44.2 Å². The van der Waals surface area contributed by atoms with Crippen LogP contribution >= 0.6 is 0 Å². The maximum absolute atomic E-state index is 12.2. The molecule has 0 aliphatic carbocycles. The molecule has 1 heterocycles. The predicted molar refractivity (Wildman–Crippen MR) is 83.2 cm³/mol. The number of hydrogen-bond donors (Lipinski definition) is 2. The van der Waals surface area contributed by atoms with Gasteiger partial charge in [0.05, 0.1) is 6.10 Å². The van der Waals surface area contributed by atoms with E-state index in [1.54, 1.807) is 17.0 Å². The van der Waals surface area contributed by atoms with E-state index in [2.05, 4.69) is 24.1 Å². The number of aliphatic hydroxyl groups is 1. The maximum atomic E-state index is 12.2. The molecule has 112 valence electrons. The minimum atomic E-state index is -0.675. The average molecular weight is 287 g/mol. The summed E-state index contributed by atoms with van der Waals surface area (Å²) in [5.74, 6) is 0.654. The molecule has 1 atom stereocenters. The third-order valence-electron chi connectivity index (χ3n) is 3.12. The van der Waals surface area contributed by atoms with Crippen molar-refractivity contribution in [2.45, 2.75) is 26.5 Å². The second-order valence-corrected chi connectivity index (χ2v) is 5.43. The van der Waals surface area contributed by atoms with Gasteiger partial charge >= 0.3 is 0 Å². The van der Waals surface area contributed by atoms with Crippen molar-refractivity contribution in [1.29, 1.82) is 0 Å². The average Bonchev–Trinajstić information content (AvgIpc) is 2.48. The molecule has 2 aromatic rings. The summed E-state index contributed by atoms with van der Waals surface area (Å²) in [5, 5.41) is 13.0. The molecule has 0 spiro atoms. The van der Waals surface area contributed by atoms with Crippen LogP contribution < -0.4 is 10.9 Å². The highest BCUT2D eigenvalue weighted by molar-refractivity contribution is 5.32. The van der Waals surface area contributed by atoms with Crippen LogP contribution in [0, 0.1) is 5.92 Å². The van der Waals surface area contributed by atoms with Crippen molar-refractivity contribution in [1.82, 2.24) is 9.55 Å². The minimum Gasteiger partial charge on any atom is -0.387 e. The lowest BCUT2D eigenvalue weighted by atomic mass is 10.1. The van der Waals surface area contributed by atoms with Gasteiger partial charge in [-0.3, -0.25) is 4.79 Å². The van der Waals surface area contributed by atoms with Gasteiger partial charge in [0.15, 0.2) is 5.82 Å². The molecule has 21 heavy (non-hydrogen) atoms. The molecule has 0 aliphatic heterocycles. The highest BCUT2D eigenvalue weighted by Gasteiger charge is 2.10. The number of anilines is 1. The van der Waals surface area contributed by atoms with Crippen LogP contribution in [-0.2, 0) is 6.54 Å². The van der Waals surface area contributed by atoms with Crippen molar-refractivity contribution in [3.63, 3.8) is 0 Å². The van der Waals surface area contributed by atoms with Crippen LogP contribution in [0.4, 0.5) is 5.82 Å². The summed E-state index contributed by atoms with van der Waals surface area (Å²) in [7, 11) is 0. The SMILES string of the molecule is CC(C)Cn1ccnc(NCC(O)c2ccccc2)c1=O. The van der Waals surface area contributed by atoms with Crippen LogP contribution in [-0.4, -0.2) is 21.2 Å². The molecule has 0 saturated heterocycles. The Labute approximate surface area is 124 Å². The number of rotatable bonds is 6. The molecule has 0 aliphatic rings. The second kappa shape index (κ2) is 7.04. The van der Waals surface area contributed by atoms with Crippen LogP contribution in [0.15, 0.2) is 47.5 Å². The van der Waals surface area contributed by atoms with E-state index in [0.29, 0.717) is 12.5 Å². The van der Waals surface area contributed by atoms with E-state index in [1.165, 1.54) is 0 Å². The fraction of sp³-hybridized carbons (Fsp3) is 0.375. The quantitative estimate of drug-likeness (QED) is 0.853. The van der Waals surface area contributed by atoms with Gasteiger partial charge < -0.3 is 15.0 Å². The molecule has 2 rings (SSSR count). The van der Waals surface area contributed by atoms with Crippen LogP contribution in [0.2, 0.25) is 0 Å². The van der Waals surface area contributed by atoms with Crippen LogP contribution in [0.5, 0.6) is 0 Å². The lowest BCUT2D eigenvalue weighted by molar-refractivity contribution is 0.191. The van der Waals surface area contributed by atoms with E-state index in [0.717, 1.165) is 5.56 Å². The fourth-order valence-corrected chi connectivity index (χ4v) is 2.09. The van der Waals surface area contributed by atoms with Crippen LogP contribution in [0.3, 0.4) is 0 Å². The van der Waals surface area contributed by atoms with Crippen LogP contribution in [0.25, 0.3) is 0 Å². The Hall–Kier alpha value is -2.14. The van der Waals surface area contributed by atoms with Crippen molar-refractivity contribution in [2.75, 3.05) is 11.9 Å². The molecule has 1 aromatic carbocycles. The fourth-order valence-electron chi connectivity index (χ4n) is 2.09. The van der Waals surface area contributed by atoms with Crippen molar-refractivity contribution < 1.29 is 5.11 Å². The number of nitrogens with zero attached hydrogens (tertiary/aromatic N) is 2. The molecule has 0 radical (unpaired) electrons. The molecular formula is C16H21N3O2. The van der Waals surface area contributed by atoms with E-state index in [1.807, 2.05) is 30.3 Å². The zero-order valence-corrected chi connectivity index (χ0v) is 12.4. The number of nitrogens with one attached hydrogen (secondary N) is 1. The number of benzene rings is 1. The predicted octanol–water partition coefficient (Wildman–Crippen LogP) is 2.04. The van der Waals surface area contributed by atoms with Gasteiger partial charge in [-0.05, 0) is 11.5 Å². The standard InChI is InChI=1S/C16H21N3O2/c1-12(2)11-19-9-8-17-15(16(19)21)18-10-14(20)13-6-4-3-5-7-13/h3-9,12,14,20H,10-11H2,1-2H3,(H,17,18). The zero-order chi connectivity index (χ0) is 15.2. The van der Waals surface area contributed by atoms with Crippen molar-refractivity contribution in [3.8, 4) is 0 Å². The minimum absolute atomic E-state index is 0.161. The second-order valence-electron chi connectivity index (χ2n) is 5.43. The number of aliphatic hydroxyl groups excluding tert-OH is 1. The largest absolute Gasteiger partial charge is 0.387 e. The zero-order valence-electron chi connectivity index (χ0n) is 12.4. The Bertz CT molecular complexity index is 623. The van der Waals surface area contributed by atoms with Gasteiger partial charge in [0.25, 0.3) is 5.56 Å². The van der Waals surface area contributed by atoms with Gasteiger partial charge in [0.2, 0.25) is 0 Å². The summed E-state index contributed by atoms with van der Waals surface area (Å²) in [6, 6.07) is 9.33. The Morgan fingerprint density at radius 2 is 2.00 bits per heavy atom. The Morgan fingerprint density at radius 3 is 2.67 bits per heavy atom. The summed E-state index contributed by atoms with van der Waals surface area (Å²) >= 11 is 0. The van der Waals surface area contributed by atoms with Crippen molar-refractivity contribution in [3.05, 3.63) is 58.6 Å². The lowest BCUT2D eigenvalue weighted by Crippen LogP contribution is -2.27. The lowest BCUT2D eigenvalue weighted by Gasteiger charge is -2.14. The third kappa shape index (κ3) is 4.16. The number of aromatic nitrogens is 2. The third-order valence-corrected chi connectivity index (χ3v) is 3.12. The van der Waals surface area contributed by atoms with Crippen LogP contribution in [0.1, 0.15) is 25.5 Å². The molecule has 5 nitrogen and oxygen atoms in total. The molecule has 1 unspecified atom stereocenters. The molecule has 0 fully saturated rings. The normalized spacial score (nSPS) is 12.4. The van der Waals surface area contributed by atoms with Gasteiger partial charge in [-0.25, -0.2) is 4.98 Å². The first-order valence-electron chi connectivity index (χ1n) is 7.10. The van der Waals surface area contributed by atoms with Gasteiger partial charge in [-0.2, -0.15) is 0 Å². The molecule has 0 saturated carbocycles. The summed E-state index contributed by atoms with van der Waals surface area (Å²) in [4.78, 5) is 16.3. The van der Waals surface area contributed by atoms with E-state index >= 15 is 0 Å². The van der Waals surface area contributed by atoms with E-state index in [9.17, 15) is 9.90 Å². The highest BCUT2D eigenvalue weighted by atomic mass is 16.3. The topological polar surface area (TPSA) is 67.2 Å². The van der Waals surface area contributed by atoms with E-state index in [4.69, 9.17) is 0 Å². The highest BCUT2D eigenvalue weighted by Crippen LogP contribution is 2.12. The van der Waals surface area contributed by atoms with Crippen molar-refractivity contribution >= 4 is 5.82 Å². The summed E-state index contributed by atoms with van der Waals surface area (Å²) < 4.78 is 1.63. The smallest absolute Gasteiger partial charge is 0.293 e. The maximum Gasteiger partial charge on any atom is 0.293 e. The van der Waals surface area contributed by atoms with Gasteiger partial charge in [0.1, 0.15) is 0 Å². The number of hydrogen-bond acceptors (Lipinski definition) is 4. The van der Waals surface area contributed by atoms with Gasteiger partial charge in [-0.15, -0.1) is 0 Å². The Kier molecular flexibility index (Phi) is 5.11. The first-order chi connectivity index (χ1) is 10.1. The first-order valence-corrected chi connectivity index (χ1v) is 7.10. The Morgan fingerprint density at radius 1 is 1.29 bits per heavy atom. The molecule has 0 amide bonds. The summed E-state index contributed by atoms with van der Waals surface area (Å²) in [6.07, 6.45) is 2.61. The van der Waals surface area contributed by atoms with E-state index < -0.39 is 6.10 Å². The summed E-state index contributed by atoms with van der Waals surface area (Å²) in [6.45, 7) is 5.01. The molecular weight excluding hydrogens is 266 g/mol. The first kappa shape index (κ1) is 15.3. The summed E-state index contributed by atoms with van der Waals surface area (Å²) in [5.41, 5.74) is 0.648. The Balaban J connectivity index is 2.05. The molecule has 1 aromatic heterocycles. The molecule has 2 N–H and O–H groups in total. The van der Waals surface area contributed by atoms with E-state index in [-0.39, 0.29) is 17.9 Å². The molecule has 0 bridgehead atoms.